The fourth-order valence-electron chi connectivity index (χ4n) is 2.21. The Morgan fingerprint density at radius 3 is 2.85 bits per heavy atom. The molecule has 0 spiro atoms. The highest BCUT2D eigenvalue weighted by Gasteiger charge is 2.30. The van der Waals surface area contributed by atoms with Gasteiger partial charge in [-0.2, -0.15) is 16.1 Å². The van der Waals surface area contributed by atoms with E-state index in [1.54, 1.807) is 10.4 Å². The minimum absolute atomic E-state index is 0.348. The lowest BCUT2D eigenvalue weighted by atomic mass is 10.2. The first-order valence-corrected chi connectivity index (χ1v) is 9.78. The molecule has 0 radical (unpaired) electrons. The maximum absolute atomic E-state index is 12.7. The highest BCUT2D eigenvalue weighted by atomic mass is 79.9. The topological polar surface area (TPSA) is 49.4 Å². The summed E-state index contributed by atoms with van der Waals surface area (Å²) >= 11 is 5.22. The number of hydrogen-bond acceptors (Lipinski definition) is 4. The van der Waals surface area contributed by atoms with Crippen molar-refractivity contribution in [2.45, 2.75) is 23.6 Å². The fourth-order valence-corrected chi connectivity index (χ4v) is 6.05. The molecule has 0 aromatic heterocycles. The van der Waals surface area contributed by atoms with E-state index in [4.69, 9.17) is 0 Å². The molecule has 1 aliphatic rings. The van der Waals surface area contributed by atoms with Crippen LogP contribution in [0.3, 0.4) is 0 Å². The van der Waals surface area contributed by atoms with Crippen LogP contribution in [-0.4, -0.2) is 43.9 Å². The first-order valence-electron chi connectivity index (χ1n) is 6.50. The average Bonchev–Trinajstić information content (AvgIpc) is 2.39. The third kappa shape index (κ3) is 3.57. The smallest absolute Gasteiger partial charge is 0.244 e. The number of hydrogen-bond donors (Lipinski definition) is 1. The van der Waals surface area contributed by atoms with Crippen LogP contribution in [0, 0.1) is 0 Å². The van der Waals surface area contributed by atoms with E-state index >= 15 is 0 Å². The zero-order valence-electron chi connectivity index (χ0n) is 11.6. The molecule has 1 saturated heterocycles. The summed E-state index contributed by atoms with van der Waals surface area (Å²) in [4.78, 5) is 0.358. The van der Waals surface area contributed by atoms with Gasteiger partial charge in [-0.25, -0.2) is 8.42 Å². The third-order valence-electron chi connectivity index (χ3n) is 3.20. The molecule has 1 fully saturated rings. The number of nitrogens with one attached hydrogen (secondary N) is 1. The summed E-state index contributed by atoms with van der Waals surface area (Å²) in [6.45, 7) is 3.95. The molecule has 0 amide bonds. The van der Waals surface area contributed by atoms with E-state index in [2.05, 4.69) is 28.2 Å². The Hall–Kier alpha value is -0.0800. The van der Waals surface area contributed by atoms with Crippen molar-refractivity contribution in [3.8, 4) is 0 Å². The normalized spacial score (nSPS) is 21.1. The highest BCUT2D eigenvalue weighted by molar-refractivity contribution is 9.10. The van der Waals surface area contributed by atoms with E-state index in [0.717, 1.165) is 17.9 Å². The van der Waals surface area contributed by atoms with Gasteiger partial charge in [-0.05, 0) is 40.7 Å². The van der Waals surface area contributed by atoms with Gasteiger partial charge >= 0.3 is 0 Å². The maximum Gasteiger partial charge on any atom is 0.244 e. The van der Waals surface area contributed by atoms with Gasteiger partial charge in [0.15, 0.2) is 0 Å². The van der Waals surface area contributed by atoms with E-state index in [9.17, 15) is 8.42 Å². The Labute approximate surface area is 133 Å². The number of sulfonamides is 1. The number of thioether (sulfide) groups is 1. The lowest BCUT2D eigenvalue weighted by Crippen LogP contribution is -2.41. The van der Waals surface area contributed by atoms with E-state index in [1.807, 2.05) is 30.9 Å². The molecule has 1 aromatic carbocycles. The molecule has 4 nitrogen and oxygen atoms in total. The summed E-state index contributed by atoms with van der Waals surface area (Å²) in [5.74, 6) is 0.857. The monoisotopic (exact) mass is 378 g/mol. The minimum atomic E-state index is -3.40. The van der Waals surface area contributed by atoms with Crippen molar-refractivity contribution in [1.82, 2.24) is 9.62 Å². The zero-order valence-corrected chi connectivity index (χ0v) is 14.8. The molecular weight excluding hydrogens is 360 g/mol. The van der Waals surface area contributed by atoms with Crippen LogP contribution in [0.25, 0.3) is 0 Å². The van der Waals surface area contributed by atoms with Crippen LogP contribution >= 0.6 is 27.7 Å². The largest absolute Gasteiger partial charge is 0.316 e. The molecular formula is C13H19BrN2O2S2. The Morgan fingerprint density at radius 1 is 1.50 bits per heavy atom. The summed E-state index contributed by atoms with van der Waals surface area (Å²) in [6.07, 6.45) is 0. The first-order chi connectivity index (χ1) is 9.45. The zero-order chi connectivity index (χ0) is 14.8. The standard InChI is InChI=1S/C13H19BrN2O2S2/c1-10-9-16(5-6-19-10)20(17,18)13-4-3-11(8-15-2)7-12(13)14/h3-4,7,10,15H,5-6,8-9H2,1-2H3. The van der Waals surface area contributed by atoms with E-state index in [1.165, 1.54) is 0 Å². The highest BCUT2D eigenvalue weighted by Crippen LogP contribution is 2.29. The molecule has 0 bridgehead atoms. The maximum atomic E-state index is 12.7. The van der Waals surface area contributed by atoms with Crippen LogP contribution in [-0.2, 0) is 16.6 Å². The van der Waals surface area contributed by atoms with Gasteiger partial charge < -0.3 is 5.32 Å². The van der Waals surface area contributed by atoms with E-state index in [0.29, 0.717) is 27.7 Å². The lowest BCUT2D eigenvalue weighted by Gasteiger charge is -2.30. The van der Waals surface area contributed by atoms with Crippen molar-refractivity contribution in [2.24, 2.45) is 0 Å². The molecule has 0 saturated carbocycles. The molecule has 7 heteroatoms. The second kappa shape index (κ2) is 6.79. The Kier molecular flexibility index (Phi) is 5.53. The van der Waals surface area contributed by atoms with Gasteiger partial charge in [0.25, 0.3) is 0 Å². The summed E-state index contributed by atoms with van der Waals surface area (Å²) in [6, 6.07) is 5.42. The summed E-state index contributed by atoms with van der Waals surface area (Å²) in [7, 11) is -1.54. The van der Waals surface area contributed by atoms with Gasteiger partial charge in [0, 0.05) is 35.1 Å². The molecule has 2 rings (SSSR count). The van der Waals surface area contributed by atoms with Gasteiger partial charge in [0.2, 0.25) is 10.0 Å². The van der Waals surface area contributed by atoms with Crippen molar-refractivity contribution >= 4 is 37.7 Å². The minimum Gasteiger partial charge on any atom is -0.316 e. The molecule has 0 aliphatic carbocycles. The number of rotatable bonds is 4. The molecule has 112 valence electrons. The molecule has 20 heavy (non-hydrogen) atoms. The summed E-state index contributed by atoms with van der Waals surface area (Å²) in [5.41, 5.74) is 1.06. The second-order valence-electron chi connectivity index (χ2n) is 4.84. The Balaban J connectivity index is 2.29. The summed E-state index contributed by atoms with van der Waals surface area (Å²) in [5, 5.41) is 3.40. The number of benzene rings is 1. The number of nitrogens with zero attached hydrogens (tertiary/aromatic N) is 1. The predicted molar refractivity (Wildman–Crippen MR) is 87.6 cm³/mol. The predicted octanol–water partition coefficient (Wildman–Crippen LogP) is 2.29. The van der Waals surface area contributed by atoms with Gasteiger partial charge in [0.1, 0.15) is 0 Å². The van der Waals surface area contributed by atoms with Crippen LogP contribution in [0.4, 0.5) is 0 Å². The number of halogens is 1. The van der Waals surface area contributed by atoms with Crippen molar-refractivity contribution in [1.29, 1.82) is 0 Å². The molecule has 1 aliphatic heterocycles. The van der Waals surface area contributed by atoms with Crippen molar-refractivity contribution in [3.05, 3.63) is 28.2 Å². The Morgan fingerprint density at radius 2 is 2.25 bits per heavy atom. The summed E-state index contributed by atoms with van der Waals surface area (Å²) < 4.78 is 27.6. The molecule has 1 unspecified atom stereocenters. The van der Waals surface area contributed by atoms with Crippen molar-refractivity contribution in [2.75, 3.05) is 25.9 Å². The van der Waals surface area contributed by atoms with Gasteiger partial charge in [-0.15, -0.1) is 0 Å². The van der Waals surface area contributed by atoms with Crippen LogP contribution < -0.4 is 5.32 Å². The van der Waals surface area contributed by atoms with E-state index < -0.39 is 10.0 Å². The first kappa shape index (κ1) is 16.3. The van der Waals surface area contributed by atoms with Crippen LogP contribution in [0.1, 0.15) is 12.5 Å². The molecule has 1 aromatic rings. The fraction of sp³-hybridized carbons (Fsp3) is 0.538. The van der Waals surface area contributed by atoms with Crippen molar-refractivity contribution < 1.29 is 8.42 Å². The van der Waals surface area contributed by atoms with Crippen LogP contribution in [0.15, 0.2) is 27.6 Å². The van der Waals surface area contributed by atoms with Crippen LogP contribution in [0.2, 0.25) is 0 Å². The molecule has 1 N–H and O–H groups in total. The Bertz CT molecular complexity index is 578. The van der Waals surface area contributed by atoms with Crippen LogP contribution in [0.5, 0.6) is 0 Å². The van der Waals surface area contributed by atoms with Gasteiger partial charge in [-0.3, -0.25) is 0 Å². The molecule has 1 heterocycles. The average molecular weight is 379 g/mol. The van der Waals surface area contributed by atoms with Gasteiger partial charge in [-0.1, -0.05) is 13.0 Å². The van der Waals surface area contributed by atoms with E-state index in [-0.39, 0.29) is 0 Å². The molecule has 1 atom stereocenters. The second-order valence-corrected chi connectivity index (χ2v) is 9.15. The lowest BCUT2D eigenvalue weighted by molar-refractivity contribution is 0.424. The quantitative estimate of drug-likeness (QED) is 0.872. The van der Waals surface area contributed by atoms with Gasteiger partial charge in [0.05, 0.1) is 4.90 Å². The third-order valence-corrected chi connectivity index (χ3v) is 7.18. The SMILES string of the molecule is CNCc1ccc(S(=O)(=O)N2CCSC(C)C2)c(Br)c1. The van der Waals surface area contributed by atoms with Crippen molar-refractivity contribution in [3.63, 3.8) is 0 Å².